The number of imidazole rings is 1. The van der Waals surface area contributed by atoms with Crippen molar-refractivity contribution >= 4 is 26.8 Å². The summed E-state index contributed by atoms with van der Waals surface area (Å²) in [7, 11) is 0.844. The van der Waals surface area contributed by atoms with Gasteiger partial charge in [0.2, 0.25) is 5.91 Å². The topological polar surface area (TPSA) is 84.3 Å². The molecule has 1 aliphatic heterocycles. The average molecular weight is 364 g/mol. The van der Waals surface area contributed by atoms with Gasteiger partial charge in [-0.25, -0.2) is 13.4 Å². The minimum absolute atomic E-state index is 0.0596. The highest BCUT2D eigenvalue weighted by atomic mass is 32.2. The summed E-state index contributed by atoms with van der Waals surface area (Å²) in [4.78, 5) is 18.5. The third-order valence-electron chi connectivity index (χ3n) is 4.78. The molecule has 0 unspecified atom stereocenters. The van der Waals surface area contributed by atoms with Crippen molar-refractivity contribution in [3.05, 3.63) is 30.1 Å². The lowest BCUT2D eigenvalue weighted by atomic mass is 10.2. The van der Waals surface area contributed by atoms with Gasteiger partial charge < -0.3 is 9.88 Å². The zero-order valence-electron chi connectivity index (χ0n) is 14.6. The monoisotopic (exact) mass is 364 g/mol. The number of fused-ring (bicyclic) bond motifs is 1. The Labute approximate surface area is 147 Å². The predicted molar refractivity (Wildman–Crippen MR) is 97.1 cm³/mol. The van der Waals surface area contributed by atoms with Crippen molar-refractivity contribution < 1.29 is 13.2 Å². The van der Waals surface area contributed by atoms with E-state index in [0.717, 1.165) is 16.9 Å². The zero-order chi connectivity index (χ0) is 18.0. The fourth-order valence-electron chi connectivity index (χ4n) is 3.27. The molecule has 8 heteroatoms. The van der Waals surface area contributed by atoms with Gasteiger partial charge >= 0.3 is 0 Å². The number of benzene rings is 1. The Bertz CT molecular complexity index is 875. The summed E-state index contributed by atoms with van der Waals surface area (Å²) in [6, 6.07) is 7.88. The van der Waals surface area contributed by atoms with E-state index in [-0.39, 0.29) is 30.0 Å². The van der Waals surface area contributed by atoms with E-state index in [1.807, 2.05) is 40.8 Å². The van der Waals surface area contributed by atoms with Crippen LogP contribution in [0.1, 0.15) is 12.2 Å². The lowest BCUT2D eigenvalue weighted by Crippen LogP contribution is -2.41. The van der Waals surface area contributed by atoms with E-state index in [1.54, 1.807) is 7.05 Å². The van der Waals surface area contributed by atoms with Gasteiger partial charge in [0, 0.05) is 26.1 Å². The Morgan fingerprint density at radius 3 is 2.84 bits per heavy atom. The third-order valence-corrected chi connectivity index (χ3v) is 6.53. The number of aromatic nitrogens is 2. The number of aryl methyl sites for hydroxylation is 1. The van der Waals surface area contributed by atoms with Gasteiger partial charge in [0.1, 0.15) is 5.82 Å². The smallest absolute Gasteiger partial charge is 0.234 e. The number of sulfone groups is 1. The van der Waals surface area contributed by atoms with Crippen LogP contribution in [0, 0.1) is 0 Å². The van der Waals surface area contributed by atoms with Crippen molar-refractivity contribution in [2.45, 2.75) is 18.9 Å². The van der Waals surface area contributed by atoms with Crippen LogP contribution < -0.4 is 5.32 Å². The van der Waals surface area contributed by atoms with Crippen LogP contribution in [0.3, 0.4) is 0 Å². The fraction of sp³-hybridized carbons (Fsp3) is 0.529. The maximum absolute atomic E-state index is 12.1. The van der Waals surface area contributed by atoms with Gasteiger partial charge in [-0.2, -0.15) is 0 Å². The van der Waals surface area contributed by atoms with Crippen molar-refractivity contribution in [2.75, 3.05) is 31.6 Å². The normalized spacial score (nSPS) is 19.6. The number of hydrogen-bond acceptors (Lipinski definition) is 5. The van der Waals surface area contributed by atoms with Crippen LogP contribution >= 0.6 is 0 Å². The molecule has 1 amide bonds. The molecule has 1 saturated heterocycles. The maximum Gasteiger partial charge on any atom is 0.234 e. The number of amides is 1. The molecule has 0 spiro atoms. The van der Waals surface area contributed by atoms with Gasteiger partial charge in [-0.1, -0.05) is 12.1 Å². The number of carbonyl (C=O) groups excluding carboxylic acids is 1. The first kappa shape index (κ1) is 17.9. The molecule has 25 heavy (non-hydrogen) atoms. The molecule has 136 valence electrons. The second-order valence-electron chi connectivity index (χ2n) is 6.65. The highest BCUT2D eigenvalue weighted by molar-refractivity contribution is 7.91. The number of nitrogens with zero attached hydrogens (tertiary/aromatic N) is 3. The summed E-state index contributed by atoms with van der Waals surface area (Å²) < 4.78 is 25.1. The number of para-hydroxylation sites is 2. The van der Waals surface area contributed by atoms with E-state index in [2.05, 4.69) is 10.3 Å². The molecule has 0 aliphatic carbocycles. The number of carbonyl (C=O) groups is 1. The molecule has 1 aromatic heterocycles. The summed E-state index contributed by atoms with van der Waals surface area (Å²) in [5.74, 6) is 1.20. The van der Waals surface area contributed by atoms with E-state index in [1.165, 1.54) is 0 Å². The predicted octanol–water partition coefficient (Wildman–Crippen LogP) is 0.351. The van der Waals surface area contributed by atoms with E-state index >= 15 is 0 Å². The Morgan fingerprint density at radius 2 is 2.16 bits per heavy atom. The zero-order valence-corrected chi connectivity index (χ0v) is 15.4. The van der Waals surface area contributed by atoms with Gasteiger partial charge in [0.05, 0.1) is 29.1 Å². The maximum atomic E-state index is 12.1. The van der Waals surface area contributed by atoms with Crippen molar-refractivity contribution in [3.8, 4) is 0 Å². The fourth-order valence-corrected chi connectivity index (χ4v) is 5.07. The summed E-state index contributed by atoms with van der Waals surface area (Å²) in [6.45, 7) is 0.718. The third kappa shape index (κ3) is 4.19. The number of hydrogen-bond donors (Lipinski definition) is 1. The van der Waals surface area contributed by atoms with Crippen LogP contribution in [-0.4, -0.2) is 66.5 Å². The quantitative estimate of drug-likeness (QED) is 0.800. The van der Waals surface area contributed by atoms with Crippen molar-refractivity contribution in [3.63, 3.8) is 0 Å². The second-order valence-corrected chi connectivity index (χ2v) is 8.88. The highest BCUT2D eigenvalue weighted by Crippen LogP contribution is 2.16. The standard InChI is InChI=1S/C17H24N4O3S/c1-20(13-8-10-25(23,24)12-13)11-17(22)18-9-7-16-19-14-5-3-4-6-15(14)21(16)2/h3-6,13H,7-12H2,1-2H3,(H,18,22)/t13-/m0/s1. The molecule has 2 heterocycles. The van der Waals surface area contributed by atoms with Crippen LogP contribution in [0.25, 0.3) is 11.0 Å². The molecule has 0 radical (unpaired) electrons. The highest BCUT2D eigenvalue weighted by Gasteiger charge is 2.31. The molecule has 2 aromatic rings. The van der Waals surface area contributed by atoms with Gasteiger partial charge in [-0.15, -0.1) is 0 Å². The molecule has 0 saturated carbocycles. The summed E-state index contributed by atoms with van der Waals surface area (Å²) in [5.41, 5.74) is 2.03. The lowest BCUT2D eigenvalue weighted by molar-refractivity contribution is -0.122. The van der Waals surface area contributed by atoms with Crippen molar-refractivity contribution in [2.24, 2.45) is 7.05 Å². The van der Waals surface area contributed by atoms with Gasteiger partial charge in [0.15, 0.2) is 9.84 Å². The molecule has 1 fully saturated rings. The Hall–Kier alpha value is -1.93. The SMILES string of the molecule is CN(CC(=O)NCCc1nc2ccccc2n1C)[C@H]1CCS(=O)(=O)C1. The number of likely N-dealkylation sites (N-methyl/N-ethyl adjacent to an activating group) is 1. The number of rotatable bonds is 6. The van der Waals surface area contributed by atoms with E-state index < -0.39 is 9.84 Å². The van der Waals surface area contributed by atoms with E-state index in [9.17, 15) is 13.2 Å². The molecule has 1 atom stereocenters. The molecule has 1 aromatic carbocycles. The van der Waals surface area contributed by atoms with Crippen molar-refractivity contribution in [1.82, 2.24) is 19.8 Å². The van der Waals surface area contributed by atoms with Crippen LogP contribution in [-0.2, 0) is 28.1 Å². The van der Waals surface area contributed by atoms with Crippen LogP contribution in [0.5, 0.6) is 0 Å². The molecular weight excluding hydrogens is 340 g/mol. The van der Waals surface area contributed by atoms with Crippen LogP contribution in [0.4, 0.5) is 0 Å². The largest absolute Gasteiger partial charge is 0.355 e. The minimum Gasteiger partial charge on any atom is -0.355 e. The molecule has 3 rings (SSSR count). The Kier molecular flexibility index (Phi) is 5.10. The molecule has 1 aliphatic rings. The van der Waals surface area contributed by atoms with E-state index in [0.29, 0.717) is 19.4 Å². The molecule has 1 N–H and O–H groups in total. The van der Waals surface area contributed by atoms with Crippen molar-refractivity contribution in [1.29, 1.82) is 0 Å². The van der Waals surface area contributed by atoms with E-state index in [4.69, 9.17) is 0 Å². The second kappa shape index (κ2) is 7.13. The van der Waals surface area contributed by atoms with Gasteiger partial charge in [0.25, 0.3) is 0 Å². The molecule has 0 bridgehead atoms. The minimum atomic E-state index is -2.93. The first-order valence-corrected chi connectivity index (χ1v) is 10.3. The molecular formula is C17H24N4O3S. The van der Waals surface area contributed by atoms with Crippen LogP contribution in [0.15, 0.2) is 24.3 Å². The van der Waals surface area contributed by atoms with Gasteiger partial charge in [-0.3, -0.25) is 9.69 Å². The number of nitrogens with one attached hydrogen (secondary N) is 1. The Morgan fingerprint density at radius 1 is 1.40 bits per heavy atom. The Balaban J connectivity index is 1.48. The summed E-state index contributed by atoms with van der Waals surface area (Å²) >= 11 is 0. The van der Waals surface area contributed by atoms with Gasteiger partial charge in [-0.05, 0) is 25.6 Å². The summed E-state index contributed by atoms with van der Waals surface area (Å²) in [5, 5.41) is 2.89. The first-order chi connectivity index (χ1) is 11.9. The lowest BCUT2D eigenvalue weighted by Gasteiger charge is -2.22. The summed E-state index contributed by atoms with van der Waals surface area (Å²) in [6.07, 6.45) is 1.25. The molecule has 7 nitrogen and oxygen atoms in total. The average Bonchev–Trinajstić information content (AvgIpc) is 3.08. The van der Waals surface area contributed by atoms with Crippen LogP contribution in [0.2, 0.25) is 0 Å². The first-order valence-electron chi connectivity index (χ1n) is 8.43.